The molecule has 13 amide bonds. The Kier molecular flexibility index (Phi) is 30.5. The lowest BCUT2D eigenvalue weighted by Crippen LogP contribution is -2.60. The summed E-state index contributed by atoms with van der Waals surface area (Å²) >= 11 is 1.32. The van der Waals surface area contributed by atoms with E-state index >= 15 is 0 Å². The van der Waals surface area contributed by atoms with E-state index in [9.17, 15) is 77.3 Å². The first-order valence-electron chi connectivity index (χ1n) is 27.8. The van der Waals surface area contributed by atoms with Crippen molar-refractivity contribution < 1.29 is 77.3 Å². The fourth-order valence-electron chi connectivity index (χ4n) is 8.27. The average molecular weight is 1300 g/mol. The van der Waals surface area contributed by atoms with E-state index < -0.39 is 170 Å². The number of carbonyl (C=O) groups is 14. The number of aromatic nitrogens is 1. The summed E-state index contributed by atoms with van der Waals surface area (Å²) in [5.74, 6) is -14.3. The third-order valence-corrected chi connectivity index (χ3v) is 16.1. The Balaban J connectivity index is 1.78. The van der Waals surface area contributed by atoms with Gasteiger partial charge in [0.1, 0.15) is 54.1 Å². The molecule has 3 aromatic rings. The van der Waals surface area contributed by atoms with Crippen LogP contribution in [0.2, 0.25) is 0 Å². The molecule has 32 nitrogen and oxygen atoms in total. The Morgan fingerprint density at radius 1 is 0.685 bits per heavy atom. The number of nitrogens with two attached hydrogens (primary N) is 3. The van der Waals surface area contributed by atoms with Gasteiger partial charge in [-0.25, -0.2) is 0 Å². The molecule has 9 atom stereocenters. The number of nitrogens with one attached hydrogen (secondary N) is 13. The van der Waals surface area contributed by atoms with Crippen molar-refractivity contribution in [1.82, 2.24) is 68.8 Å². The van der Waals surface area contributed by atoms with Gasteiger partial charge < -0.3 is 96.2 Å². The lowest BCUT2D eigenvalue weighted by Gasteiger charge is -2.27. The fraction of sp³-hybridized carbons (Fsp3) is 0.481. The van der Waals surface area contributed by atoms with Crippen molar-refractivity contribution in [3.05, 3.63) is 65.9 Å². The largest absolute Gasteiger partial charge is 0.508 e. The molecule has 486 valence electrons. The summed E-state index contributed by atoms with van der Waals surface area (Å²) in [6.07, 6.45) is 1.91. The lowest BCUT2D eigenvalue weighted by molar-refractivity contribution is -0.141. The minimum Gasteiger partial charge on any atom is -0.508 e. The van der Waals surface area contributed by atoms with Crippen molar-refractivity contribution >= 4 is 127 Å². The summed E-state index contributed by atoms with van der Waals surface area (Å²) in [5, 5.41) is 49.6. The standard InChI is InChI=1S/C54H76N16O16S3/c1-27(56)46(78)69-40-26-89-88-25-39(49(81)61-23-43(74)60-22-42(73)59-21-41(57)72)70-52(84)36(17-29-10-12-31(71)13-11-29)64-44(75)24-62-48(80)38(19-45(76)77)67-47(79)28(2)63-50(82)35(14-16-87-3)66-53(85)37(18-30-20-58-33-8-5-4-7-32(30)33)68-51(83)34(9-6-15-55)65-54(40)86/h4-5,7-8,10-13,20,27-28,34-40,58,71H,6,9,14-19,21-26,55-56H2,1-3H3,(H2,57,72)(H,59,73)(H,60,74)(H,61,81)(H,62,80)(H,63,82)(H,64,75)(H,65,86)(H,66,85)(H,67,79)(H,68,83)(H,69,78)(H,70,84)(H,76,77)/t27-,28-,34-,35-,36-,37-,38-,39-,40-/m0/s1. The van der Waals surface area contributed by atoms with Crippen LogP contribution in [-0.4, -0.2) is 209 Å². The molecule has 0 bridgehead atoms. The van der Waals surface area contributed by atoms with Crippen LogP contribution in [0.5, 0.6) is 5.75 Å². The molecule has 89 heavy (non-hydrogen) atoms. The predicted molar refractivity (Wildman–Crippen MR) is 328 cm³/mol. The molecular weight excluding hydrogens is 1220 g/mol. The fourth-order valence-corrected chi connectivity index (χ4v) is 11.1. The smallest absolute Gasteiger partial charge is 0.305 e. The Labute approximate surface area is 522 Å². The molecule has 1 aliphatic rings. The zero-order chi connectivity index (χ0) is 65.7. The molecule has 1 aromatic heterocycles. The number of hydrogen-bond donors (Lipinski definition) is 18. The van der Waals surface area contributed by atoms with Crippen molar-refractivity contribution in [2.75, 3.05) is 56.2 Å². The molecule has 4 rings (SSSR count). The molecule has 1 fully saturated rings. The zero-order valence-corrected chi connectivity index (χ0v) is 51.3. The number of benzene rings is 2. The van der Waals surface area contributed by atoms with E-state index in [0.29, 0.717) is 27.8 Å². The van der Waals surface area contributed by atoms with Gasteiger partial charge in [0.25, 0.3) is 0 Å². The molecule has 2 aromatic carbocycles. The molecule has 0 aliphatic carbocycles. The Morgan fingerprint density at radius 2 is 1.27 bits per heavy atom. The van der Waals surface area contributed by atoms with Crippen molar-refractivity contribution in [1.29, 1.82) is 0 Å². The first kappa shape index (κ1) is 72.8. The van der Waals surface area contributed by atoms with Gasteiger partial charge in [-0.2, -0.15) is 11.8 Å². The van der Waals surface area contributed by atoms with E-state index in [1.165, 1.54) is 49.9 Å². The number of hydrogen-bond acceptors (Lipinski definition) is 20. The number of phenolic OH excluding ortho intramolecular Hbond substituents is 1. The normalized spacial score (nSPS) is 22.0. The lowest BCUT2D eigenvalue weighted by atomic mass is 10.0. The van der Waals surface area contributed by atoms with Gasteiger partial charge in [-0.3, -0.25) is 67.1 Å². The third kappa shape index (κ3) is 25.5. The maximum absolute atomic E-state index is 14.6. The van der Waals surface area contributed by atoms with Crippen molar-refractivity contribution in [2.24, 2.45) is 17.2 Å². The minimum atomic E-state index is -1.86. The molecule has 0 radical (unpaired) electrons. The zero-order valence-electron chi connectivity index (χ0n) is 48.9. The second-order valence-electron chi connectivity index (χ2n) is 20.3. The van der Waals surface area contributed by atoms with Gasteiger partial charge >= 0.3 is 5.97 Å². The maximum atomic E-state index is 14.6. The summed E-state index contributed by atoms with van der Waals surface area (Å²) < 4.78 is 0. The molecule has 1 aliphatic heterocycles. The summed E-state index contributed by atoms with van der Waals surface area (Å²) in [6.45, 7) is -0.239. The number of aromatic hydroxyl groups is 1. The molecule has 21 N–H and O–H groups in total. The van der Waals surface area contributed by atoms with E-state index in [0.717, 1.165) is 21.6 Å². The minimum absolute atomic E-state index is 0.0119. The maximum Gasteiger partial charge on any atom is 0.305 e. The van der Waals surface area contributed by atoms with Gasteiger partial charge in [0.05, 0.1) is 38.6 Å². The summed E-state index contributed by atoms with van der Waals surface area (Å²) in [4.78, 5) is 191. The van der Waals surface area contributed by atoms with Gasteiger partial charge in [0.15, 0.2) is 0 Å². The SMILES string of the molecule is CSCC[C@@H]1NC(=O)[C@H](Cc2c[nH]c3ccccc23)NC(=O)[C@H](CCCN)NC(=O)[C@@H](NC(=O)[C@H](C)N)CSSC[C@@H](C(=O)NCC(=O)NCC(=O)NCC(N)=O)NC(=O)[C@H](Cc2ccc(O)cc2)NC(=O)CNC(=O)[C@H](CC(=O)O)NC(=O)[C@H](C)NC1=O. The number of carbonyl (C=O) groups excluding carboxylic acids is 13. The second kappa shape index (κ2) is 37.2. The number of phenols is 1. The average Bonchev–Trinajstić information content (AvgIpc) is 2.72. The van der Waals surface area contributed by atoms with Crippen LogP contribution in [0, 0.1) is 0 Å². The van der Waals surface area contributed by atoms with Crippen LogP contribution < -0.4 is 81.0 Å². The Morgan fingerprint density at radius 3 is 1.93 bits per heavy atom. The van der Waals surface area contributed by atoms with Crippen molar-refractivity contribution in [2.45, 2.75) is 107 Å². The highest BCUT2D eigenvalue weighted by atomic mass is 33.1. The number of aliphatic carboxylic acids is 1. The highest BCUT2D eigenvalue weighted by Crippen LogP contribution is 2.24. The number of rotatable bonds is 21. The molecule has 2 heterocycles. The first-order valence-corrected chi connectivity index (χ1v) is 31.7. The van der Waals surface area contributed by atoms with Gasteiger partial charge in [-0.1, -0.05) is 51.9 Å². The van der Waals surface area contributed by atoms with Crippen LogP contribution in [0.3, 0.4) is 0 Å². The third-order valence-electron chi connectivity index (χ3n) is 13.1. The molecular formula is C54H76N16O16S3. The van der Waals surface area contributed by atoms with Crippen molar-refractivity contribution in [3.63, 3.8) is 0 Å². The summed E-state index contributed by atoms with van der Waals surface area (Å²) in [5.41, 5.74) is 18.4. The van der Waals surface area contributed by atoms with E-state index in [2.05, 4.69) is 68.8 Å². The van der Waals surface area contributed by atoms with Crippen LogP contribution in [-0.2, 0) is 80.0 Å². The molecule has 0 unspecified atom stereocenters. The number of aromatic amines is 1. The molecule has 35 heteroatoms. The topological polar surface area (TPSA) is 518 Å². The van der Waals surface area contributed by atoms with Crippen LogP contribution in [0.15, 0.2) is 54.7 Å². The van der Waals surface area contributed by atoms with Crippen LogP contribution in [0.4, 0.5) is 0 Å². The molecule has 1 saturated heterocycles. The van der Waals surface area contributed by atoms with Gasteiger partial charge in [0.2, 0.25) is 76.8 Å². The van der Waals surface area contributed by atoms with E-state index in [4.69, 9.17) is 17.2 Å². The molecule has 0 saturated carbocycles. The number of fused-ring (bicyclic) bond motifs is 1. The van der Waals surface area contributed by atoms with Gasteiger partial charge in [0, 0.05) is 41.4 Å². The van der Waals surface area contributed by atoms with E-state index in [1.807, 2.05) is 0 Å². The quantitative estimate of drug-likeness (QED) is 0.0442. The van der Waals surface area contributed by atoms with Crippen LogP contribution in [0.1, 0.15) is 50.7 Å². The predicted octanol–water partition coefficient (Wildman–Crippen LogP) is -5.78. The monoisotopic (exact) mass is 1300 g/mol. The molecule has 0 spiro atoms. The van der Waals surface area contributed by atoms with E-state index in [-0.39, 0.29) is 55.9 Å². The first-order chi connectivity index (χ1) is 42.3. The number of thioether (sulfide) groups is 1. The van der Waals surface area contributed by atoms with Gasteiger partial charge in [-0.15, -0.1) is 0 Å². The highest BCUT2D eigenvalue weighted by Gasteiger charge is 2.35. The number of para-hydroxylation sites is 1. The van der Waals surface area contributed by atoms with Crippen molar-refractivity contribution in [3.8, 4) is 5.75 Å². The number of carboxylic acids is 1. The number of H-pyrrole nitrogens is 1. The number of primary amides is 1. The Hall–Kier alpha value is -8.67. The highest BCUT2D eigenvalue weighted by molar-refractivity contribution is 8.76. The van der Waals surface area contributed by atoms with Gasteiger partial charge in [-0.05, 0) is 81.0 Å². The second-order valence-corrected chi connectivity index (χ2v) is 23.8. The van der Waals surface area contributed by atoms with Crippen LogP contribution in [0.25, 0.3) is 10.9 Å². The van der Waals surface area contributed by atoms with Crippen LogP contribution >= 0.6 is 33.3 Å². The Bertz CT molecular complexity index is 3030. The summed E-state index contributed by atoms with van der Waals surface area (Å²) in [7, 11) is 1.77. The number of amides is 13. The summed E-state index contributed by atoms with van der Waals surface area (Å²) in [6, 6.07) is -0.896. The van der Waals surface area contributed by atoms with E-state index in [1.54, 1.807) is 36.7 Å². The number of carboxylic acid groups (broad SMARTS) is 1.